The van der Waals surface area contributed by atoms with Crippen LogP contribution in [-0.2, 0) is 4.84 Å². The van der Waals surface area contributed by atoms with E-state index in [-0.39, 0.29) is 17.5 Å². The van der Waals surface area contributed by atoms with Gasteiger partial charge >= 0.3 is 0 Å². The fourth-order valence-electron chi connectivity index (χ4n) is 8.40. The molecule has 4 aliphatic rings. The molecule has 0 aromatic rings. The van der Waals surface area contributed by atoms with Crippen molar-refractivity contribution in [2.24, 2.45) is 51.3 Å². The number of hydrogen-bond donors (Lipinski definition) is 4. The van der Waals surface area contributed by atoms with Gasteiger partial charge in [0, 0.05) is 0 Å². The molecule has 0 aromatic heterocycles. The third-order valence-electron chi connectivity index (χ3n) is 9.93. The lowest BCUT2D eigenvalue weighted by Gasteiger charge is -2.62. The monoisotopic (exact) mass is 444 g/mol. The summed E-state index contributed by atoms with van der Waals surface area (Å²) < 4.78 is 0. The highest BCUT2D eigenvalue weighted by molar-refractivity contribution is 5.77. The highest BCUT2D eigenvalue weighted by Crippen LogP contribution is 2.67. The Kier molecular flexibility index (Phi) is 6.90. The van der Waals surface area contributed by atoms with Gasteiger partial charge in [-0.25, -0.2) is 0 Å². The van der Waals surface area contributed by atoms with Crippen molar-refractivity contribution >= 4 is 12.2 Å². The molecule has 0 amide bonds. The van der Waals surface area contributed by atoms with Crippen LogP contribution in [0, 0.1) is 45.8 Å². The van der Waals surface area contributed by atoms with E-state index in [9.17, 15) is 5.11 Å². The normalized spacial score (nSPS) is 43.9. The number of guanidine groups is 1. The molecule has 4 fully saturated rings. The predicted octanol–water partition coefficient (Wildman–Crippen LogP) is 4.44. The fourth-order valence-corrected chi connectivity index (χ4v) is 8.40. The second-order valence-corrected chi connectivity index (χ2v) is 11.7. The first kappa shape index (κ1) is 23.6. The van der Waals surface area contributed by atoms with Crippen molar-refractivity contribution in [1.82, 2.24) is 5.32 Å². The van der Waals surface area contributed by atoms with Crippen LogP contribution in [0.1, 0.15) is 78.6 Å². The van der Waals surface area contributed by atoms with E-state index in [0.29, 0.717) is 30.4 Å². The van der Waals surface area contributed by atoms with Gasteiger partial charge in [-0.2, -0.15) is 0 Å². The number of aliphatic hydroxyl groups is 1. The van der Waals surface area contributed by atoms with Crippen molar-refractivity contribution < 1.29 is 9.94 Å². The van der Waals surface area contributed by atoms with Crippen LogP contribution < -0.4 is 11.1 Å². The zero-order chi connectivity index (χ0) is 22.9. The first-order valence-electron chi connectivity index (χ1n) is 12.8. The second-order valence-electron chi connectivity index (χ2n) is 11.7. The summed E-state index contributed by atoms with van der Waals surface area (Å²) in [7, 11) is 0. The van der Waals surface area contributed by atoms with Crippen molar-refractivity contribution in [2.45, 2.75) is 84.7 Å². The van der Waals surface area contributed by atoms with E-state index in [2.05, 4.69) is 37.3 Å². The molecule has 5 N–H and O–H groups in total. The summed E-state index contributed by atoms with van der Waals surface area (Å²) in [6, 6.07) is 0. The maximum atomic E-state index is 10.7. The van der Waals surface area contributed by atoms with E-state index in [1.165, 1.54) is 44.9 Å². The highest BCUT2D eigenvalue weighted by atomic mass is 16.6. The van der Waals surface area contributed by atoms with Crippen molar-refractivity contribution in [3.05, 3.63) is 11.6 Å². The maximum absolute atomic E-state index is 10.7. The summed E-state index contributed by atoms with van der Waals surface area (Å²) in [5, 5.41) is 24.7. The lowest BCUT2D eigenvalue weighted by atomic mass is 9.42. The largest absolute Gasteiger partial charge is 0.394 e. The predicted molar refractivity (Wildman–Crippen MR) is 129 cm³/mol. The molecule has 0 radical (unpaired) electrons. The Morgan fingerprint density at radius 1 is 1.19 bits per heavy atom. The minimum atomic E-state index is -0.190. The van der Waals surface area contributed by atoms with Gasteiger partial charge in [-0.15, -0.1) is 0 Å². The maximum Gasteiger partial charge on any atom is 0.185 e. The van der Waals surface area contributed by atoms with Crippen LogP contribution in [0.2, 0.25) is 0 Å². The Hall–Kier alpha value is -1.56. The van der Waals surface area contributed by atoms with Gasteiger partial charge in [0.25, 0.3) is 0 Å². The van der Waals surface area contributed by atoms with Gasteiger partial charge in [-0.1, -0.05) is 31.5 Å². The second kappa shape index (κ2) is 9.36. The van der Waals surface area contributed by atoms with Crippen molar-refractivity contribution in [3.8, 4) is 0 Å². The summed E-state index contributed by atoms with van der Waals surface area (Å²) in [6.07, 6.45) is 15.5. The molecule has 4 rings (SSSR count). The molecule has 4 aliphatic carbocycles. The number of nitrogens with zero attached hydrogens (tertiary/aromatic N) is 1. The standard InChI is InChI=1S/C26H44N4O2/c1-17(16-30-32-12-11-29-24(27)28)13-19-15-20(31)14-18-6-7-21-22-5-4-9-25(22,2)10-8-23(21)26(18,19)3/h13,16,18-23,31H,4-12,14-15H2,1-3H3,(H4,27,28,29)/b17-13+,30-16+/t18-,19?,20-,21+,22+,23+,25+,26-/m1/s1. The van der Waals surface area contributed by atoms with Crippen molar-refractivity contribution in [1.29, 1.82) is 5.41 Å². The average Bonchev–Trinajstić information content (AvgIpc) is 3.13. The summed E-state index contributed by atoms with van der Waals surface area (Å²) in [5.74, 6) is 3.52. The molecule has 0 heterocycles. The molecule has 0 spiro atoms. The first-order chi connectivity index (χ1) is 15.2. The van der Waals surface area contributed by atoms with E-state index >= 15 is 0 Å². The van der Waals surface area contributed by atoms with E-state index in [0.717, 1.165) is 36.2 Å². The van der Waals surface area contributed by atoms with Crippen LogP contribution in [0.3, 0.4) is 0 Å². The molecule has 4 saturated carbocycles. The molecule has 180 valence electrons. The third-order valence-corrected chi connectivity index (χ3v) is 9.93. The van der Waals surface area contributed by atoms with Crippen LogP contribution in [0.4, 0.5) is 0 Å². The van der Waals surface area contributed by atoms with Crippen LogP contribution in [0.15, 0.2) is 16.8 Å². The van der Waals surface area contributed by atoms with Gasteiger partial charge in [0.05, 0.1) is 18.9 Å². The van der Waals surface area contributed by atoms with Gasteiger partial charge in [0.2, 0.25) is 0 Å². The average molecular weight is 445 g/mol. The molecule has 0 saturated heterocycles. The fraction of sp³-hybridized carbons (Fsp3) is 0.846. The Labute approximate surface area is 193 Å². The van der Waals surface area contributed by atoms with Gasteiger partial charge in [0.1, 0.15) is 6.61 Å². The zero-order valence-electron chi connectivity index (χ0n) is 20.3. The number of oxime groups is 1. The molecule has 0 aliphatic heterocycles. The number of nitrogens with one attached hydrogen (secondary N) is 2. The Morgan fingerprint density at radius 2 is 2.00 bits per heavy atom. The summed E-state index contributed by atoms with van der Waals surface area (Å²) in [6.45, 7) is 8.06. The summed E-state index contributed by atoms with van der Waals surface area (Å²) >= 11 is 0. The molecular formula is C26H44N4O2. The van der Waals surface area contributed by atoms with Crippen molar-refractivity contribution in [3.63, 3.8) is 0 Å². The molecule has 6 nitrogen and oxygen atoms in total. The van der Waals surface area contributed by atoms with E-state index in [1.54, 1.807) is 6.21 Å². The van der Waals surface area contributed by atoms with Gasteiger partial charge in [-0.3, -0.25) is 5.41 Å². The topological polar surface area (TPSA) is 104 Å². The number of nitrogens with two attached hydrogens (primary N) is 1. The third kappa shape index (κ3) is 4.44. The molecule has 0 aromatic carbocycles. The summed E-state index contributed by atoms with van der Waals surface area (Å²) in [4.78, 5) is 5.31. The molecule has 8 atom stereocenters. The van der Waals surface area contributed by atoms with Gasteiger partial charge in [0.15, 0.2) is 5.96 Å². The molecule has 1 unspecified atom stereocenters. The number of allylic oxidation sites excluding steroid dienone is 2. The van der Waals surface area contributed by atoms with Crippen LogP contribution in [-0.4, -0.2) is 36.5 Å². The highest BCUT2D eigenvalue weighted by Gasteiger charge is 2.60. The molecule has 32 heavy (non-hydrogen) atoms. The number of aliphatic hydroxyl groups excluding tert-OH is 1. The SMILES string of the molecule is CC(/C=N/OCCNC(=N)N)=C\C1C[C@H](O)C[C@H]2CC[C@H]3[C@@H]4CCC[C@@]4(C)CC[C@@H]3[C@@]12C. The van der Waals surface area contributed by atoms with Gasteiger partial charge in [-0.05, 0) is 104 Å². The minimum absolute atomic E-state index is 0.0567. The smallest absolute Gasteiger partial charge is 0.185 e. The van der Waals surface area contributed by atoms with Crippen molar-refractivity contribution in [2.75, 3.05) is 13.2 Å². The zero-order valence-corrected chi connectivity index (χ0v) is 20.3. The van der Waals surface area contributed by atoms with E-state index in [1.807, 2.05) is 0 Å². The number of hydrogen-bond acceptors (Lipinski definition) is 4. The quantitative estimate of drug-likeness (QED) is 0.210. The lowest BCUT2D eigenvalue weighted by molar-refractivity contribution is -0.141. The summed E-state index contributed by atoms with van der Waals surface area (Å²) in [5.41, 5.74) is 7.23. The van der Waals surface area contributed by atoms with Crippen LogP contribution >= 0.6 is 0 Å². The number of rotatable bonds is 6. The number of fused-ring (bicyclic) bond motifs is 5. The Balaban J connectivity index is 1.49. The first-order valence-corrected chi connectivity index (χ1v) is 12.8. The molecule has 0 bridgehead atoms. The van der Waals surface area contributed by atoms with Crippen LogP contribution in [0.5, 0.6) is 0 Å². The molecular weight excluding hydrogens is 400 g/mol. The minimum Gasteiger partial charge on any atom is -0.394 e. The van der Waals surface area contributed by atoms with Gasteiger partial charge < -0.3 is 21.0 Å². The lowest BCUT2D eigenvalue weighted by Crippen LogP contribution is -2.56. The van der Waals surface area contributed by atoms with Crippen LogP contribution in [0.25, 0.3) is 0 Å². The Morgan fingerprint density at radius 3 is 2.78 bits per heavy atom. The van der Waals surface area contributed by atoms with E-state index in [4.69, 9.17) is 16.0 Å². The van der Waals surface area contributed by atoms with E-state index < -0.39 is 0 Å². The Bertz CT molecular complexity index is 752. The molecule has 6 heteroatoms.